The number of aliphatic hydroxyl groups is 1. The van der Waals surface area contributed by atoms with Crippen LogP contribution in [0.3, 0.4) is 0 Å². The van der Waals surface area contributed by atoms with Crippen LogP contribution in [0.1, 0.15) is 16.5 Å². The third-order valence-corrected chi connectivity index (χ3v) is 6.86. The molecule has 1 saturated heterocycles. The van der Waals surface area contributed by atoms with Gasteiger partial charge in [0.2, 0.25) is 10.0 Å². The number of benzene rings is 2. The molecule has 132 valence electrons. The number of hydrogen-bond donors (Lipinski definition) is 3. The van der Waals surface area contributed by atoms with Crippen molar-refractivity contribution >= 4 is 38.4 Å². The monoisotopic (exact) mass is 397 g/mol. The van der Waals surface area contributed by atoms with E-state index >= 15 is 0 Å². The highest BCUT2D eigenvalue weighted by atomic mass is 35.5. The molecule has 2 atom stereocenters. The molecule has 0 spiro atoms. The summed E-state index contributed by atoms with van der Waals surface area (Å²) >= 11 is 7.11. The van der Waals surface area contributed by atoms with E-state index in [4.69, 9.17) is 22.1 Å². The highest BCUT2D eigenvalue weighted by molar-refractivity contribution is 8.14. The summed E-state index contributed by atoms with van der Waals surface area (Å²) in [5.41, 5.74) is -0.620. The van der Waals surface area contributed by atoms with Crippen molar-refractivity contribution in [3.05, 3.63) is 64.7 Å². The Balaban J connectivity index is 2.09. The van der Waals surface area contributed by atoms with Gasteiger partial charge in [0.15, 0.2) is 5.72 Å². The summed E-state index contributed by atoms with van der Waals surface area (Å²) in [5, 5.41) is 24.4. The van der Waals surface area contributed by atoms with Crippen LogP contribution < -0.4 is 5.14 Å². The van der Waals surface area contributed by atoms with Crippen LogP contribution in [0.2, 0.25) is 5.02 Å². The van der Waals surface area contributed by atoms with E-state index in [-0.39, 0.29) is 25.9 Å². The zero-order valence-electron chi connectivity index (χ0n) is 13.2. The van der Waals surface area contributed by atoms with Crippen molar-refractivity contribution in [1.29, 1.82) is 5.41 Å². The fraction of sp³-hybridized carbons (Fsp3) is 0.188. The molecule has 0 amide bonds. The van der Waals surface area contributed by atoms with E-state index in [0.717, 1.165) is 5.56 Å². The molecule has 3 rings (SSSR count). The van der Waals surface area contributed by atoms with E-state index in [1.165, 1.54) is 30.0 Å². The van der Waals surface area contributed by atoms with Gasteiger partial charge in [0.1, 0.15) is 9.94 Å². The van der Waals surface area contributed by atoms with Gasteiger partial charge in [-0.1, -0.05) is 59.8 Å². The van der Waals surface area contributed by atoms with Crippen LogP contribution in [0.5, 0.6) is 0 Å². The number of thioether (sulfide) groups is 1. The van der Waals surface area contributed by atoms with Crippen LogP contribution >= 0.6 is 23.4 Å². The molecule has 6 nitrogen and oxygen atoms in total. The van der Waals surface area contributed by atoms with E-state index < -0.39 is 15.7 Å². The van der Waals surface area contributed by atoms with Gasteiger partial charge >= 0.3 is 0 Å². The predicted molar refractivity (Wildman–Crippen MR) is 99.0 cm³/mol. The maximum Gasteiger partial charge on any atom is 0.239 e. The summed E-state index contributed by atoms with van der Waals surface area (Å²) in [6.45, 7) is 0. The number of sulfonamides is 1. The fourth-order valence-corrected chi connectivity index (χ4v) is 5.11. The van der Waals surface area contributed by atoms with Crippen LogP contribution in [0, 0.1) is 5.41 Å². The number of hydrogen-bond acceptors (Lipinski definition) is 6. The number of rotatable bonds is 3. The SMILES string of the molecule is CN1C(c2ccccc2)SC(=N)C1(O)c1ccc(Cl)c(S(N)(=O)=O)c1. The van der Waals surface area contributed by atoms with Gasteiger partial charge in [-0.3, -0.25) is 10.3 Å². The molecular weight excluding hydrogens is 382 g/mol. The second-order valence-electron chi connectivity index (χ2n) is 5.68. The molecule has 0 radical (unpaired) electrons. The summed E-state index contributed by atoms with van der Waals surface area (Å²) in [6, 6.07) is 13.5. The average molecular weight is 398 g/mol. The van der Waals surface area contributed by atoms with Crippen LogP contribution in [0.15, 0.2) is 53.4 Å². The molecule has 9 heteroatoms. The molecule has 1 fully saturated rings. The zero-order valence-corrected chi connectivity index (χ0v) is 15.6. The molecule has 2 unspecified atom stereocenters. The number of halogens is 1. The molecule has 1 heterocycles. The first-order chi connectivity index (χ1) is 11.7. The number of primary sulfonamides is 1. The summed E-state index contributed by atoms with van der Waals surface area (Å²) < 4.78 is 23.4. The van der Waals surface area contributed by atoms with Gasteiger partial charge in [-0.2, -0.15) is 0 Å². The van der Waals surface area contributed by atoms with Crippen molar-refractivity contribution < 1.29 is 13.5 Å². The molecule has 0 bridgehead atoms. The van der Waals surface area contributed by atoms with Crippen LogP contribution in [-0.4, -0.2) is 30.5 Å². The van der Waals surface area contributed by atoms with Gasteiger partial charge < -0.3 is 5.11 Å². The Bertz CT molecular complexity index is 937. The predicted octanol–water partition coefficient (Wildman–Crippen LogP) is 2.49. The summed E-state index contributed by atoms with van der Waals surface area (Å²) in [5.74, 6) is 0. The maximum absolute atomic E-state index is 11.7. The fourth-order valence-electron chi connectivity index (χ4n) is 2.79. The van der Waals surface area contributed by atoms with Crippen molar-refractivity contribution in [1.82, 2.24) is 4.90 Å². The molecule has 0 saturated carbocycles. The normalized spacial score (nSPS) is 24.6. The first kappa shape index (κ1) is 18.4. The second-order valence-corrected chi connectivity index (χ2v) is 8.71. The third-order valence-electron chi connectivity index (χ3n) is 4.13. The van der Waals surface area contributed by atoms with Gasteiger partial charge in [0.25, 0.3) is 0 Å². The van der Waals surface area contributed by atoms with Crippen molar-refractivity contribution in [2.75, 3.05) is 7.05 Å². The molecule has 25 heavy (non-hydrogen) atoms. The average Bonchev–Trinajstić information content (AvgIpc) is 2.80. The maximum atomic E-state index is 11.7. The molecule has 1 aliphatic rings. The van der Waals surface area contributed by atoms with E-state index in [1.54, 1.807) is 11.9 Å². The quantitative estimate of drug-likeness (QED) is 0.737. The summed E-state index contributed by atoms with van der Waals surface area (Å²) in [6.07, 6.45) is 0. The highest BCUT2D eigenvalue weighted by Crippen LogP contribution is 2.50. The van der Waals surface area contributed by atoms with E-state index in [2.05, 4.69) is 0 Å². The van der Waals surface area contributed by atoms with Gasteiger partial charge in [0, 0.05) is 5.56 Å². The minimum Gasteiger partial charge on any atom is -0.366 e. The Morgan fingerprint density at radius 3 is 2.52 bits per heavy atom. The number of nitrogens with zero attached hydrogens (tertiary/aromatic N) is 1. The minimum atomic E-state index is -4.05. The zero-order chi connectivity index (χ0) is 18.4. The van der Waals surface area contributed by atoms with Crippen molar-refractivity contribution in [2.24, 2.45) is 5.14 Å². The van der Waals surface area contributed by atoms with Crippen LogP contribution in [0.25, 0.3) is 0 Å². The first-order valence-electron chi connectivity index (χ1n) is 7.24. The Labute approximate surface area is 155 Å². The van der Waals surface area contributed by atoms with Crippen molar-refractivity contribution in [3.63, 3.8) is 0 Å². The molecular formula is C16H16ClN3O3S2. The van der Waals surface area contributed by atoms with Gasteiger partial charge in [-0.25, -0.2) is 13.6 Å². The molecule has 1 aliphatic heterocycles. The Morgan fingerprint density at radius 1 is 1.28 bits per heavy atom. The summed E-state index contributed by atoms with van der Waals surface area (Å²) in [7, 11) is -2.37. The smallest absolute Gasteiger partial charge is 0.239 e. The second kappa shape index (κ2) is 6.39. The Kier molecular flexibility index (Phi) is 4.69. The molecule has 0 aromatic heterocycles. The van der Waals surface area contributed by atoms with Gasteiger partial charge in [-0.15, -0.1) is 0 Å². The van der Waals surface area contributed by atoms with Gasteiger partial charge in [-0.05, 0) is 24.7 Å². The molecule has 0 aliphatic carbocycles. The molecule has 4 N–H and O–H groups in total. The summed E-state index contributed by atoms with van der Waals surface area (Å²) in [4.78, 5) is 1.33. The van der Waals surface area contributed by atoms with Crippen LogP contribution in [-0.2, 0) is 15.7 Å². The largest absolute Gasteiger partial charge is 0.366 e. The standard InChI is InChI=1S/C16H16ClN3O3S2/c1-20-14(10-5-3-2-4-6-10)24-15(18)16(20,21)11-7-8-12(17)13(9-11)25(19,22)23/h2-9,14,18,21H,1H3,(H2,19,22,23). The Morgan fingerprint density at radius 2 is 1.92 bits per heavy atom. The van der Waals surface area contributed by atoms with E-state index in [1.807, 2.05) is 30.3 Å². The first-order valence-corrected chi connectivity index (χ1v) is 10.0. The van der Waals surface area contributed by atoms with E-state index in [0.29, 0.717) is 0 Å². The molecule has 2 aromatic rings. The van der Waals surface area contributed by atoms with E-state index in [9.17, 15) is 13.5 Å². The lowest BCUT2D eigenvalue weighted by Gasteiger charge is -2.33. The topological polar surface area (TPSA) is 107 Å². The third kappa shape index (κ3) is 3.10. The van der Waals surface area contributed by atoms with Crippen LogP contribution in [0.4, 0.5) is 0 Å². The van der Waals surface area contributed by atoms with Crippen molar-refractivity contribution in [2.45, 2.75) is 16.0 Å². The highest BCUT2D eigenvalue weighted by Gasteiger charge is 2.50. The number of nitrogens with two attached hydrogens (primary N) is 1. The van der Waals surface area contributed by atoms with Gasteiger partial charge in [0.05, 0.1) is 10.4 Å². The lowest BCUT2D eigenvalue weighted by atomic mass is 10.0. The Hall–Kier alpha value is -1.42. The van der Waals surface area contributed by atoms with Crippen molar-refractivity contribution in [3.8, 4) is 0 Å². The lowest BCUT2D eigenvalue weighted by Crippen LogP contribution is -2.43. The minimum absolute atomic E-state index is 0.00783. The lowest BCUT2D eigenvalue weighted by molar-refractivity contribution is -0.0382. The number of nitrogens with one attached hydrogen (secondary N) is 1. The molecule has 2 aromatic carbocycles.